The van der Waals surface area contributed by atoms with Gasteiger partial charge in [-0.1, -0.05) is 24.3 Å². The van der Waals surface area contributed by atoms with Crippen LogP contribution in [0.5, 0.6) is 5.75 Å². The van der Waals surface area contributed by atoms with Gasteiger partial charge in [0.25, 0.3) is 0 Å². The molecule has 4 rings (SSSR count). The minimum absolute atomic E-state index is 0.605. The summed E-state index contributed by atoms with van der Waals surface area (Å²) in [7, 11) is 4.02. The number of benzene rings is 2. The Labute approximate surface area is 155 Å². The molecule has 136 valence electrons. The van der Waals surface area contributed by atoms with E-state index < -0.39 is 0 Å². The van der Waals surface area contributed by atoms with Crippen molar-refractivity contribution in [2.45, 2.75) is 31.6 Å². The molecule has 0 spiro atoms. The summed E-state index contributed by atoms with van der Waals surface area (Å²) in [6.07, 6.45) is 6.60. The molecule has 0 bridgehead atoms. The molecule has 0 radical (unpaired) electrons. The van der Waals surface area contributed by atoms with Gasteiger partial charge < -0.3 is 9.64 Å². The largest absolute Gasteiger partial charge is 0.496 e. The van der Waals surface area contributed by atoms with Gasteiger partial charge in [0.05, 0.1) is 18.8 Å². The second-order valence-electron chi connectivity index (χ2n) is 7.42. The van der Waals surface area contributed by atoms with Crippen LogP contribution in [-0.2, 0) is 12.8 Å². The molecule has 1 unspecified atom stereocenters. The van der Waals surface area contributed by atoms with Crippen molar-refractivity contribution in [2.24, 2.45) is 0 Å². The zero-order valence-electron chi connectivity index (χ0n) is 15.7. The average molecular weight is 349 g/mol. The average Bonchev–Trinajstić information content (AvgIpc) is 3.14. The van der Waals surface area contributed by atoms with Gasteiger partial charge >= 0.3 is 0 Å². The summed E-state index contributed by atoms with van der Waals surface area (Å²) in [4.78, 5) is 2.47. The molecule has 1 heterocycles. The van der Waals surface area contributed by atoms with Crippen LogP contribution in [0.15, 0.2) is 42.6 Å². The van der Waals surface area contributed by atoms with Crippen LogP contribution in [0.25, 0.3) is 10.9 Å². The van der Waals surface area contributed by atoms with E-state index in [1.807, 2.05) is 6.20 Å². The summed E-state index contributed by atoms with van der Waals surface area (Å²) < 4.78 is 5.58. The van der Waals surface area contributed by atoms with Crippen molar-refractivity contribution in [3.05, 3.63) is 59.3 Å². The maximum absolute atomic E-state index is 5.58. The third kappa shape index (κ3) is 3.47. The molecule has 0 amide bonds. The fraction of sp³-hybridized carbons (Fsp3) is 0.409. The molecule has 0 aliphatic heterocycles. The predicted molar refractivity (Wildman–Crippen MR) is 106 cm³/mol. The number of fused-ring (bicyclic) bond motifs is 2. The van der Waals surface area contributed by atoms with E-state index in [0.29, 0.717) is 5.92 Å². The highest BCUT2D eigenvalue weighted by atomic mass is 16.5. The minimum atomic E-state index is 0.605. The van der Waals surface area contributed by atoms with E-state index in [9.17, 15) is 0 Å². The second-order valence-corrected chi connectivity index (χ2v) is 7.42. The Hall–Kier alpha value is -2.33. The zero-order valence-corrected chi connectivity index (χ0v) is 15.7. The van der Waals surface area contributed by atoms with Gasteiger partial charge in [0.15, 0.2) is 0 Å². The SMILES string of the molecule is COc1cccc2c1CCCC2CN(C)CCc1ccc2cn[nH]c2c1. The molecular formula is C22H27N3O. The quantitative estimate of drug-likeness (QED) is 0.726. The van der Waals surface area contributed by atoms with Gasteiger partial charge in [-0.3, -0.25) is 5.10 Å². The van der Waals surface area contributed by atoms with Crippen molar-refractivity contribution in [1.82, 2.24) is 15.1 Å². The monoisotopic (exact) mass is 349 g/mol. The number of hydrogen-bond acceptors (Lipinski definition) is 3. The molecule has 1 atom stereocenters. The van der Waals surface area contributed by atoms with Crippen molar-refractivity contribution < 1.29 is 4.74 Å². The lowest BCUT2D eigenvalue weighted by Gasteiger charge is -2.30. The number of ether oxygens (including phenoxy) is 1. The highest BCUT2D eigenvalue weighted by Crippen LogP contribution is 2.36. The number of likely N-dealkylation sites (N-methyl/N-ethyl adjacent to an activating group) is 1. The first-order valence-electron chi connectivity index (χ1n) is 9.51. The van der Waals surface area contributed by atoms with E-state index in [0.717, 1.165) is 37.2 Å². The van der Waals surface area contributed by atoms with E-state index in [2.05, 4.69) is 58.5 Å². The molecule has 4 nitrogen and oxygen atoms in total. The molecule has 4 heteroatoms. The Balaban J connectivity index is 1.40. The Bertz CT molecular complexity index is 886. The summed E-state index contributed by atoms with van der Waals surface area (Å²) in [5.74, 6) is 1.66. The molecule has 2 aromatic carbocycles. The fourth-order valence-electron chi connectivity index (χ4n) is 4.22. The highest BCUT2D eigenvalue weighted by Gasteiger charge is 2.23. The highest BCUT2D eigenvalue weighted by molar-refractivity contribution is 5.78. The first kappa shape index (κ1) is 17.1. The molecule has 26 heavy (non-hydrogen) atoms. The van der Waals surface area contributed by atoms with Crippen molar-refractivity contribution in [1.29, 1.82) is 0 Å². The van der Waals surface area contributed by atoms with E-state index in [1.54, 1.807) is 7.11 Å². The van der Waals surface area contributed by atoms with Crippen LogP contribution in [0.2, 0.25) is 0 Å². The van der Waals surface area contributed by atoms with Gasteiger partial charge in [0.2, 0.25) is 0 Å². The Morgan fingerprint density at radius 2 is 2.19 bits per heavy atom. The van der Waals surface area contributed by atoms with Crippen molar-refractivity contribution in [3.63, 3.8) is 0 Å². The Kier molecular flexibility index (Phi) is 4.93. The Morgan fingerprint density at radius 3 is 3.08 bits per heavy atom. The third-order valence-corrected chi connectivity index (χ3v) is 5.63. The molecule has 1 aliphatic carbocycles. The normalized spacial score (nSPS) is 16.8. The smallest absolute Gasteiger partial charge is 0.122 e. The number of rotatable bonds is 6. The van der Waals surface area contributed by atoms with Gasteiger partial charge in [-0.2, -0.15) is 5.10 Å². The first-order valence-corrected chi connectivity index (χ1v) is 9.51. The molecule has 1 N–H and O–H groups in total. The van der Waals surface area contributed by atoms with Crippen LogP contribution < -0.4 is 4.74 Å². The van der Waals surface area contributed by atoms with E-state index in [4.69, 9.17) is 4.74 Å². The minimum Gasteiger partial charge on any atom is -0.496 e. The molecular weight excluding hydrogens is 322 g/mol. The molecule has 0 fully saturated rings. The van der Waals surface area contributed by atoms with Crippen molar-refractivity contribution in [3.8, 4) is 5.75 Å². The lowest BCUT2D eigenvalue weighted by molar-refractivity contribution is 0.299. The van der Waals surface area contributed by atoms with Gasteiger partial charge in [-0.25, -0.2) is 0 Å². The standard InChI is InChI=1S/C22H27N3O/c1-25(12-11-16-9-10-17-14-23-24-21(17)13-16)15-18-5-3-7-20-19(18)6-4-8-22(20)26-2/h4,6,8-10,13-14,18H,3,5,7,11-12,15H2,1-2H3,(H,23,24). The summed E-state index contributed by atoms with van der Waals surface area (Å²) in [6, 6.07) is 13.1. The van der Waals surface area contributed by atoms with Gasteiger partial charge in [0.1, 0.15) is 5.75 Å². The Morgan fingerprint density at radius 1 is 1.27 bits per heavy atom. The molecule has 0 saturated heterocycles. The van der Waals surface area contributed by atoms with Gasteiger partial charge in [0, 0.05) is 18.5 Å². The maximum Gasteiger partial charge on any atom is 0.122 e. The van der Waals surface area contributed by atoms with Crippen molar-refractivity contribution in [2.75, 3.05) is 27.2 Å². The second kappa shape index (κ2) is 7.50. The van der Waals surface area contributed by atoms with Crippen LogP contribution in [0.4, 0.5) is 0 Å². The van der Waals surface area contributed by atoms with Gasteiger partial charge in [-0.15, -0.1) is 0 Å². The number of nitrogens with one attached hydrogen (secondary N) is 1. The van der Waals surface area contributed by atoms with Crippen LogP contribution in [0, 0.1) is 0 Å². The summed E-state index contributed by atoms with van der Waals surface area (Å²) >= 11 is 0. The van der Waals surface area contributed by atoms with E-state index in [1.165, 1.54) is 34.9 Å². The summed E-state index contributed by atoms with van der Waals surface area (Å²) in [5, 5.41) is 8.34. The van der Waals surface area contributed by atoms with Gasteiger partial charge in [-0.05, 0) is 67.5 Å². The maximum atomic E-state index is 5.58. The molecule has 1 aromatic heterocycles. The number of aromatic nitrogens is 2. The number of aromatic amines is 1. The third-order valence-electron chi connectivity index (χ3n) is 5.63. The topological polar surface area (TPSA) is 41.1 Å². The van der Waals surface area contributed by atoms with Crippen molar-refractivity contribution >= 4 is 10.9 Å². The molecule has 1 aliphatic rings. The summed E-state index contributed by atoms with van der Waals surface area (Å²) in [5.41, 5.74) is 5.39. The number of H-pyrrole nitrogens is 1. The van der Waals surface area contributed by atoms with Crippen LogP contribution in [0.3, 0.4) is 0 Å². The predicted octanol–water partition coefficient (Wildman–Crippen LogP) is 4.17. The van der Waals surface area contributed by atoms with Crippen LogP contribution in [0.1, 0.15) is 35.4 Å². The molecule has 0 saturated carbocycles. The number of methoxy groups -OCH3 is 1. The first-order chi connectivity index (χ1) is 12.7. The van der Waals surface area contributed by atoms with Crippen LogP contribution >= 0.6 is 0 Å². The van der Waals surface area contributed by atoms with E-state index >= 15 is 0 Å². The summed E-state index contributed by atoms with van der Waals surface area (Å²) in [6.45, 7) is 2.17. The fourth-order valence-corrected chi connectivity index (χ4v) is 4.22. The van der Waals surface area contributed by atoms with E-state index in [-0.39, 0.29) is 0 Å². The lowest BCUT2D eigenvalue weighted by atomic mass is 9.82. The zero-order chi connectivity index (χ0) is 17.9. The number of nitrogens with zero attached hydrogens (tertiary/aromatic N) is 2. The number of hydrogen-bond donors (Lipinski definition) is 1. The molecule has 3 aromatic rings. The lowest BCUT2D eigenvalue weighted by Crippen LogP contribution is -2.28. The van der Waals surface area contributed by atoms with Crippen LogP contribution in [-0.4, -0.2) is 42.3 Å².